The molecule has 0 saturated heterocycles. The number of benzene rings is 3. The van der Waals surface area contributed by atoms with E-state index >= 15 is 0 Å². The average molecular weight is 440 g/mol. The largest absolute Gasteiger partial charge is 0.356 e. The number of hydrogen-bond acceptors (Lipinski definition) is 2. The number of para-hydroxylation sites is 2. The monoisotopic (exact) mass is 439 g/mol. The molecule has 4 nitrogen and oxygen atoms in total. The molecule has 0 bridgehead atoms. The fourth-order valence-electron chi connectivity index (χ4n) is 4.13. The van der Waals surface area contributed by atoms with Gasteiger partial charge in [0.05, 0.1) is 17.5 Å². The number of imidazole rings is 1. The maximum Gasteiger partial charge on any atom is 0.224 e. The lowest BCUT2D eigenvalue weighted by Gasteiger charge is -2.14. The second-order valence-electron chi connectivity index (χ2n) is 8.83. The van der Waals surface area contributed by atoms with Crippen LogP contribution in [0.4, 0.5) is 0 Å². The maximum absolute atomic E-state index is 12.4. The highest BCUT2D eigenvalue weighted by Gasteiger charge is 2.12. The Kier molecular flexibility index (Phi) is 7.56. The summed E-state index contributed by atoms with van der Waals surface area (Å²) < 4.78 is 2.36. The maximum atomic E-state index is 12.4. The lowest BCUT2D eigenvalue weighted by molar-refractivity contribution is -0.120. The van der Waals surface area contributed by atoms with E-state index in [2.05, 4.69) is 66.2 Å². The van der Waals surface area contributed by atoms with Gasteiger partial charge in [-0.15, -0.1) is 0 Å². The molecule has 0 aliphatic rings. The van der Waals surface area contributed by atoms with Gasteiger partial charge in [-0.2, -0.15) is 0 Å². The van der Waals surface area contributed by atoms with E-state index in [0.717, 1.165) is 42.7 Å². The molecule has 1 unspecified atom stereocenters. The van der Waals surface area contributed by atoms with Crippen LogP contribution in [0.1, 0.15) is 38.1 Å². The third kappa shape index (κ3) is 5.89. The number of nitrogens with one attached hydrogen (secondary N) is 1. The van der Waals surface area contributed by atoms with Crippen molar-refractivity contribution in [2.24, 2.45) is 5.92 Å². The number of hydrogen-bond donors (Lipinski definition) is 1. The summed E-state index contributed by atoms with van der Waals surface area (Å²) in [5.74, 6) is 1.78. The molecule has 1 heterocycles. The van der Waals surface area contributed by atoms with Crippen molar-refractivity contribution in [2.75, 3.05) is 6.54 Å². The lowest BCUT2D eigenvalue weighted by atomic mass is 10.0. The van der Waals surface area contributed by atoms with Crippen LogP contribution in [-0.4, -0.2) is 22.0 Å². The van der Waals surface area contributed by atoms with Gasteiger partial charge < -0.3 is 9.88 Å². The first-order valence-corrected chi connectivity index (χ1v) is 12.0. The van der Waals surface area contributed by atoms with Crippen LogP contribution in [0.2, 0.25) is 0 Å². The van der Waals surface area contributed by atoms with Gasteiger partial charge in [0.1, 0.15) is 5.82 Å². The molecule has 0 saturated carbocycles. The van der Waals surface area contributed by atoms with E-state index in [-0.39, 0.29) is 5.91 Å². The Morgan fingerprint density at radius 2 is 1.64 bits per heavy atom. The Hall–Kier alpha value is -3.40. The zero-order valence-corrected chi connectivity index (χ0v) is 19.6. The molecule has 33 heavy (non-hydrogen) atoms. The average Bonchev–Trinajstić information content (AvgIpc) is 3.20. The Bertz CT molecular complexity index is 1180. The third-order valence-electron chi connectivity index (χ3n) is 6.25. The third-order valence-corrected chi connectivity index (χ3v) is 6.25. The summed E-state index contributed by atoms with van der Waals surface area (Å²) >= 11 is 0. The van der Waals surface area contributed by atoms with Crippen molar-refractivity contribution in [3.8, 4) is 11.1 Å². The van der Waals surface area contributed by atoms with Crippen LogP contribution >= 0.6 is 0 Å². The smallest absolute Gasteiger partial charge is 0.224 e. The molecule has 0 aliphatic carbocycles. The summed E-state index contributed by atoms with van der Waals surface area (Å²) in [6.07, 6.45) is 3.29. The summed E-state index contributed by atoms with van der Waals surface area (Å²) in [7, 11) is 0. The molecule has 4 heteroatoms. The number of carbonyl (C=O) groups excluding carboxylic acids is 1. The fraction of sp³-hybridized carbons (Fsp3) is 0.310. The second-order valence-corrected chi connectivity index (χ2v) is 8.83. The standard InChI is InChI=1S/C29H33N3O/c1-3-22(2)21-32-27-13-8-7-12-26(27)31-28(32)14-9-19-30-29(33)20-23-15-17-25(18-16-23)24-10-5-4-6-11-24/h4-8,10-13,15-18,22H,3,9,14,19-21H2,1-2H3,(H,30,33). The van der Waals surface area contributed by atoms with Gasteiger partial charge in [-0.05, 0) is 41.2 Å². The van der Waals surface area contributed by atoms with Gasteiger partial charge >= 0.3 is 0 Å². The normalized spacial score (nSPS) is 12.1. The summed E-state index contributed by atoms with van der Waals surface area (Å²) in [6.45, 7) is 6.16. The number of aryl methyl sites for hydroxylation is 1. The molecule has 3 aromatic carbocycles. The van der Waals surface area contributed by atoms with Crippen molar-refractivity contribution in [3.63, 3.8) is 0 Å². The van der Waals surface area contributed by atoms with Gasteiger partial charge in [-0.25, -0.2) is 4.98 Å². The van der Waals surface area contributed by atoms with Crippen LogP contribution in [0.15, 0.2) is 78.9 Å². The van der Waals surface area contributed by atoms with Crippen LogP contribution in [0.3, 0.4) is 0 Å². The zero-order valence-electron chi connectivity index (χ0n) is 19.6. The van der Waals surface area contributed by atoms with Gasteiger partial charge in [0.15, 0.2) is 0 Å². The molecular formula is C29H33N3O. The first kappa shape index (κ1) is 22.8. The van der Waals surface area contributed by atoms with Crippen molar-refractivity contribution in [1.82, 2.24) is 14.9 Å². The minimum absolute atomic E-state index is 0.0653. The van der Waals surface area contributed by atoms with Crippen molar-refractivity contribution in [2.45, 2.75) is 46.1 Å². The first-order valence-electron chi connectivity index (χ1n) is 12.0. The Balaban J connectivity index is 1.29. The van der Waals surface area contributed by atoms with E-state index in [0.29, 0.717) is 18.9 Å². The highest BCUT2D eigenvalue weighted by Crippen LogP contribution is 2.21. The van der Waals surface area contributed by atoms with Gasteiger partial charge in [0.25, 0.3) is 0 Å². The van der Waals surface area contributed by atoms with Gasteiger partial charge in [0.2, 0.25) is 5.91 Å². The van der Waals surface area contributed by atoms with Crippen LogP contribution in [0.25, 0.3) is 22.2 Å². The van der Waals surface area contributed by atoms with E-state index in [1.165, 1.54) is 16.6 Å². The quantitative estimate of drug-likeness (QED) is 0.306. The molecule has 1 amide bonds. The molecule has 0 fully saturated rings. The molecule has 0 spiro atoms. The van der Waals surface area contributed by atoms with E-state index in [9.17, 15) is 4.79 Å². The van der Waals surface area contributed by atoms with E-state index in [1.807, 2.05) is 36.4 Å². The summed E-state index contributed by atoms with van der Waals surface area (Å²) in [5, 5.41) is 3.08. The first-order chi connectivity index (χ1) is 16.1. The number of aromatic nitrogens is 2. The minimum atomic E-state index is 0.0653. The molecule has 170 valence electrons. The zero-order chi connectivity index (χ0) is 23.0. The molecule has 1 atom stereocenters. The Morgan fingerprint density at radius 3 is 2.39 bits per heavy atom. The fourth-order valence-corrected chi connectivity index (χ4v) is 4.13. The Labute approximate surface area is 196 Å². The topological polar surface area (TPSA) is 46.9 Å². The summed E-state index contributed by atoms with van der Waals surface area (Å²) in [5.41, 5.74) is 5.64. The van der Waals surface area contributed by atoms with Gasteiger partial charge in [0, 0.05) is 19.5 Å². The summed E-state index contributed by atoms with van der Waals surface area (Å²) in [6, 6.07) is 26.9. The second kappa shape index (κ2) is 11.0. The Morgan fingerprint density at radius 1 is 0.939 bits per heavy atom. The van der Waals surface area contributed by atoms with Gasteiger partial charge in [-0.3, -0.25) is 4.79 Å². The predicted octanol–water partition coefficient (Wildman–Crippen LogP) is 6.04. The van der Waals surface area contributed by atoms with Crippen LogP contribution in [0.5, 0.6) is 0 Å². The molecule has 0 radical (unpaired) electrons. The number of fused-ring (bicyclic) bond motifs is 1. The van der Waals surface area contributed by atoms with E-state index in [1.54, 1.807) is 0 Å². The molecule has 0 aliphatic heterocycles. The van der Waals surface area contributed by atoms with Gasteiger partial charge in [-0.1, -0.05) is 87.0 Å². The highest BCUT2D eigenvalue weighted by molar-refractivity contribution is 5.79. The predicted molar refractivity (Wildman–Crippen MR) is 136 cm³/mol. The van der Waals surface area contributed by atoms with E-state index in [4.69, 9.17) is 4.98 Å². The number of carbonyl (C=O) groups is 1. The summed E-state index contributed by atoms with van der Waals surface area (Å²) in [4.78, 5) is 17.3. The van der Waals surface area contributed by atoms with Crippen LogP contribution in [-0.2, 0) is 24.2 Å². The SMILES string of the molecule is CCC(C)Cn1c(CCCNC(=O)Cc2ccc(-c3ccccc3)cc2)nc2ccccc21. The number of rotatable bonds is 10. The molecule has 4 rings (SSSR count). The van der Waals surface area contributed by atoms with Crippen LogP contribution in [0, 0.1) is 5.92 Å². The number of amides is 1. The number of nitrogens with zero attached hydrogens (tertiary/aromatic N) is 2. The molecule has 4 aromatic rings. The van der Waals surface area contributed by atoms with E-state index < -0.39 is 0 Å². The molecular weight excluding hydrogens is 406 g/mol. The van der Waals surface area contributed by atoms with Crippen molar-refractivity contribution < 1.29 is 4.79 Å². The van der Waals surface area contributed by atoms with Crippen molar-refractivity contribution in [1.29, 1.82) is 0 Å². The lowest BCUT2D eigenvalue weighted by Crippen LogP contribution is -2.26. The highest BCUT2D eigenvalue weighted by atomic mass is 16.1. The van der Waals surface area contributed by atoms with Crippen molar-refractivity contribution in [3.05, 3.63) is 90.3 Å². The minimum Gasteiger partial charge on any atom is -0.356 e. The van der Waals surface area contributed by atoms with Crippen molar-refractivity contribution >= 4 is 16.9 Å². The van der Waals surface area contributed by atoms with Crippen LogP contribution < -0.4 is 5.32 Å². The molecule has 1 aromatic heterocycles. The molecule has 1 N–H and O–H groups in total.